The van der Waals surface area contributed by atoms with Gasteiger partial charge in [-0.2, -0.15) is 52.7 Å². The summed E-state index contributed by atoms with van der Waals surface area (Å²) in [4.78, 5) is 2.09. The first kappa shape index (κ1) is 20.6. The molecule has 0 saturated carbocycles. The minimum atomic E-state index is -6.72. The normalized spacial score (nSPS) is 23.5. The molecule has 3 N–H and O–H groups in total. The van der Waals surface area contributed by atoms with E-state index in [2.05, 4.69) is 4.99 Å². The average Bonchev–Trinajstić information content (AvgIpc) is 2.64. The fourth-order valence-electron chi connectivity index (χ4n) is 1.89. The van der Waals surface area contributed by atoms with Crippen molar-refractivity contribution in [3.05, 3.63) is 0 Å². The molecule has 1 aliphatic heterocycles. The number of aliphatic hydroxyl groups excluding tert-OH is 1. The molecule has 0 aromatic rings. The summed E-state index contributed by atoms with van der Waals surface area (Å²) >= 11 is 0. The molecule has 1 aliphatic rings. The highest BCUT2D eigenvalue weighted by molar-refractivity contribution is 5.96. The summed E-state index contributed by atoms with van der Waals surface area (Å²) in [5.41, 5.74) is -11.6. The molecule has 0 aliphatic carbocycles. The molecule has 0 unspecified atom stereocenters. The van der Waals surface area contributed by atoms with Gasteiger partial charge in [-0.05, 0) is 0 Å². The van der Waals surface area contributed by atoms with Gasteiger partial charge in [-0.15, -0.1) is 0 Å². The van der Waals surface area contributed by atoms with Crippen molar-refractivity contribution in [2.24, 2.45) is 4.99 Å². The van der Waals surface area contributed by atoms with Gasteiger partial charge in [0.05, 0.1) is 0 Å². The maximum atomic E-state index is 12.9. The first-order valence-corrected chi connectivity index (χ1v) is 5.37. The topological polar surface area (TPSA) is 56.7 Å². The number of rotatable bonds is 1. The summed E-state index contributed by atoms with van der Waals surface area (Å²) in [6.07, 6.45) is -26.8. The fraction of sp³-hybridized carbons (Fsp3) is 0.875. The lowest BCUT2D eigenvalue weighted by molar-refractivity contribution is -0.334. The van der Waals surface area contributed by atoms with Crippen LogP contribution in [0.5, 0.6) is 0 Å². The van der Waals surface area contributed by atoms with E-state index in [1.54, 1.807) is 0 Å². The maximum Gasteiger partial charge on any atom is 0.434 e. The predicted molar refractivity (Wildman–Crippen MR) is 50.5 cm³/mol. The standard InChI is InChI=1S/C8H5F12N3O/c9-5(10,11)3(6(12,13)14)2(21-1-24)22-4(23-3,7(15,16)17)8(18,19)20/h23-24H,1H2,(H,21,22). The van der Waals surface area contributed by atoms with E-state index >= 15 is 0 Å². The van der Waals surface area contributed by atoms with Crippen LogP contribution in [0.3, 0.4) is 0 Å². The minimum Gasteiger partial charge on any atom is -0.374 e. The molecule has 1 rings (SSSR count). The first-order chi connectivity index (χ1) is 10.4. The Morgan fingerprint density at radius 3 is 1.38 bits per heavy atom. The fourth-order valence-corrected chi connectivity index (χ4v) is 1.89. The zero-order chi connectivity index (χ0) is 19.4. The number of hydrogen-bond acceptors (Lipinski definition) is 3. The molecule has 1 heterocycles. The zero-order valence-electron chi connectivity index (χ0n) is 10.6. The van der Waals surface area contributed by atoms with Crippen molar-refractivity contribution in [2.75, 3.05) is 6.73 Å². The summed E-state index contributed by atoms with van der Waals surface area (Å²) in [6, 6.07) is 0. The number of aliphatic hydroxyl groups is 1. The second kappa shape index (κ2) is 5.27. The van der Waals surface area contributed by atoms with Gasteiger partial charge < -0.3 is 10.4 Å². The van der Waals surface area contributed by atoms with E-state index in [0.29, 0.717) is 0 Å². The third-order valence-electron chi connectivity index (χ3n) is 2.97. The van der Waals surface area contributed by atoms with E-state index < -0.39 is 53.8 Å². The van der Waals surface area contributed by atoms with Gasteiger partial charge in [0.25, 0.3) is 11.2 Å². The smallest absolute Gasteiger partial charge is 0.374 e. The number of halogens is 12. The highest BCUT2D eigenvalue weighted by Crippen LogP contribution is 2.53. The van der Waals surface area contributed by atoms with E-state index in [0.717, 1.165) is 0 Å². The molecule has 0 aromatic heterocycles. The van der Waals surface area contributed by atoms with Crippen LogP contribution >= 0.6 is 0 Å². The summed E-state index contributed by atoms with van der Waals surface area (Å²) in [6.45, 7) is -1.94. The van der Waals surface area contributed by atoms with Crippen LogP contribution in [0.25, 0.3) is 0 Å². The molecular formula is C8H5F12N3O. The molecule has 0 radical (unpaired) electrons. The van der Waals surface area contributed by atoms with Crippen molar-refractivity contribution in [1.29, 1.82) is 0 Å². The van der Waals surface area contributed by atoms with Crippen LogP contribution < -0.4 is 10.6 Å². The third kappa shape index (κ3) is 2.64. The number of amidine groups is 1. The van der Waals surface area contributed by atoms with Gasteiger partial charge in [-0.3, -0.25) is 5.32 Å². The van der Waals surface area contributed by atoms with Crippen molar-refractivity contribution < 1.29 is 57.8 Å². The van der Waals surface area contributed by atoms with Crippen molar-refractivity contribution in [3.63, 3.8) is 0 Å². The second-order valence-corrected chi connectivity index (χ2v) is 4.39. The molecule has 0 atom stereocenters. The van der Waals surface area contributed by atoms with Crippen molar-refractivity contribution in [2.45, 2.75) is 35.9 Å². The summed E-state index contributed by atoms with van der Waals surface area (Å²) in [7, 11) is 0. The Kier molecular flexibility index (Phi) is 4.52. The number of alkyl halides is 12. The molecule has 0 aromatic carbocycles. The minimum absolute atomic E-state index is 0.0782. The number of aliphatic imine (C=N–C) groups is 1. The van der Waals surface area contributed by atoms with Gasteiger partial charge in [0.15, 0.2) is 0 Å². The summed E-state index contributed by atoms with van der Waals surface area (Å²) < 4.78 is 154. The van der Waals surface area contributed by atoms with E-state index in [4.69, 9.17) is 5.11 Å². The molecule has 1 saturated heterocycles. The van der Waals surface area contributed by atoms with Crippen molar-refractivity contribution in [1.82, 2.24) is 10.6 Å². The van der Waals surface area contributed by atoms with E-state index in [-0.39, 0.29) is 5.32 Å². The number of hydrogen-bond donors (Lipinski definition) is 3. The highest BCUT2D eigenvalue weighted by Gasteiger charge is 2.87. The zero-order valence-corrected chi connectivity index (χ0v) is 10.6. The Labute approximate surface area is 123 Å². The Morgan fingerprint density at radius 1 is 0.750 bits per heavy atom. The second-order valence-electron chi connectivity index (χ2n) is 4.39. The van der Waals surface area contributed by atoms with Gasteiger partial charge in [-0.1, -0.05) is 0 Å². The molecule has 4 nitrogen and oxygen atoms in total. The Balaban J connectivity index is 3.84. The monoisotopic (exact) mass is 387 g/mol. The number of nitrogens with zero attached hydrogens (tertiary/aromatic N) is 1. The highest BCUT2D eigenvalue weighted by atomic mass is 19.4. The van der Waals surface area contributed by atoms with Gasteiger partial charge in [0.1, 0.15) is 12.6 Å². The predicted octanol–water partition coefficient (Wildman–Crippen LogP) is 2.21. The first-order valence-electron chi connectivity index (χ1n) is 5.37. The Morgan fingerprint density at radius 2 is 1.12 bits per heavy atom. The lowest BCUT2D eigenvalue weighted by Crippen LogP contribution is -2.75. The van der Waals surface area contributed by atoms with Crippen LogP contribution in [0.4, 0.5) is 52.7 Å². The lowest BCUT2D eigenvalue weighted by atomic mass is 9.97. The number of nitrogens with one attached hydrogen (secondary N) is 2. The molecular weight excluding hydrogens is 382 g/mol. The van der Waals surface area contributed by atoms with Crippen LogP contribution in [-0.2, 0) is 0 Å². The van der Waals surface area contributed by atoms with E-state index in [1.807, 2.05) is 0 Å². The van der Waals surface area contributed by atoms with E-state index in [1.165, 1.54) is 0 Å². The van der Waals surface area contributed by atoms with Crippen LogP contribution in [0, 0.1) is 0 Å². The largest absolute Gasteiger partial charge is 0.434 e. The molecule has 0 bridgehead atoms. The molecule has 0 spiro atoms. The Hall–Kier alpha value is -1.45. The summed E-state index contributed by atoms with van der Waals surface area (Å²) in [5.74, 6) is -2.82. The van der Waals surface area contributed by atoms with Crippen LogP contribution in [0.2, 0.25) is 0 Å². The van der Waals surface area contributed by atoms with Crippen LogP contribution in [0.1, 0.15) is 0 Å². The molecule has 0 amide bonds. The summed E-state index contributed by atoms with van der Waals surface area (Å²) in [5, 5.41) is 7.95. The maximum absolute atomic E-state index is 12.9. The van der Waals surface area contributed by atoms with Gasteiger partial charge in [0, 0.05) is 0 Å². The lowest BCUT2D eigenvalue weighted by Gasteiger charge is -2.37. The van der Waals surface area contributed by atoms with Gasteiger partial charge in [-0.25, -0.2) is 4.99 Å². The van der Waals surface area contributed by atoms with E-state index in [9.17, 15) is 52.7 Å². The molecule has 24 heavy (non-hydrogen) atoms. The Bertz CT molecular complexity index is 484. The van der Waals surface area contributed by atoms with Crippen molar-refractivity contribution in [3.8, 4) is 0 Å². The molecule has 16 heteroatoms. The van der Waals surface area contributed by atoms with Gasteiger partial charge in [0.2, 0.25) is 0 Å². The molecule has 1 fully saturated rings. The van der Waals surface area contributed by atoms with Crippen molar-refractivity contribution >= 4 is 5.84 Å². The SMILES string of the molecule is OCN=C1NC(C(F)(F)F)(C(F)(F)F)NC1(C(F)(F)F)C(F)(F)F. The van der Waals surface area contributed by atoms with Crippen LogP contribution in [-0.4, -0.2) is 53.6 Å². The molecule has 142 valence electrons. The van der Waals surface area contributed by atoms with Gasteiger partial charge >= 0.3 is 24.7 Å². The average molecular weight is 387 g/mol. The quantitative estimate of drug-likeness (QED) is 0.605. The third-order valence-corrected chi connectivity index (χ3v) is 2.97. The van der Waals surface area contributed by atoms with Crippen LogP contribution in [0.15, 0.2) is 4.99 Å².